The summed E-state index contributed by atoms with van der Waals surface area (Å²) in [6.45, 7) is 20.1. The fourth-order valence-corrected chi connectivity index (χ4v) is 7.71. The first-order valence-electron chi connectivity index (χ1n) is 26.6. The molecule has 25 nitrogen and oxygen atoms in total. The number of hydrogen-bond donors (Lipinski definition) is 11. The van der Waals surface area contributed by atoms with Gasteiger partial charge in [-0.15, -0.1) is 0 Å². The topological polar surface area (TPSA) is 362 Å². The van der Waals surface area contributed by atoms with Gasteiger partial charge in [0.1, 0.15) is 58.4 Å². The van der Waals surface area contributed by atoms with E-state index in [2.05, 4.69) is 47.9 Å². The molecule has 0 unspecified atom stereocenters. The molecule has 3 rings (SSSR count). The number of hydrogen-bond acceptors (Lipinski definition) is 15. The number of phenolic OH excluding ortho intramolecular Hbond substituents is 1. The van der Waals surface area contributed by atoms with Gasteiger partial charge in [-0.05, 0) is 150 Å². The van der Waals surface area contributed by atoms with E-state index in [4.69, 9.17) is 24.7 Å². The number of fused-ring (bicyclic) bond motifs is 5. The van der Waals surface area contributed by atoms with E-state index in [1.165, 1.54) is 6.07 Å². The summed E-state index contributed by atoms with van der Waals surface area (Å²) in [7, 11) is 0. The summed E-state index contributed by atoms with van der Waals surface area (Å²) in [6, 6.07) is 4.40. The number of phenols is 1. The van der Waals surface area contributed by atoms with Gasteiger partial charge >= 0.3 is 24.4 Å². The van der Waals surface area contributed by atoms with Crippen molar-refractivity contribution in [1.29, 1.82) is 0 Å². The molecule has 444 valence electrons. The second kappa shape index (κ2) is 29.9. The first kappa shape index (κ1) is 66.4. The number of carbonyl (C=O) groups excluding carboxylic acids is 10. The van der Waals surface area contributed by atoms with E-state index in [0.29, 0.717) is 16.7 Å². The van der Waals surface area contributed by atoms with Crippen LogP contribution in [0.25, 0.3) is 11.1 Å². The normalized spacial score (nSPS) is 16.7. The van der Waals surface area contributed by atoms with Crippen LogP contribution in [0.3, 0.4) is 0 Å². The number of primary amides is 1. The van der Waals surface area contributed by atoms with Crippen LogP contribution < -0.4 is 53.6 Å². The Hall–Kier alpha value is -7.86. The molecule has 5 atom stereocenters. The van der Waals surface area contributed by atoms with E-state index in [9.17, 15) is 53.1 Å². The Morgan fingerprint density at radius 1 is 0.613 bits per heavy atom. The minimum Gasteiger partial charge on any atom is -0.508 e. The highest BCUT2D eigenvalue weighted by molar-refractivity contribution is 5.96. The van der Waals surface area contributed by atoms with E-state index in [1.807, 2.05) is 0 Å². The number of benzene rings is 2. The van der Waals surface area contributed by atoms with E-state index < -0.39 is 112 Å². The zero-order chi connectivity index (χ0) is 60.2. The Labute approximate surface area is 467 Å². The molecule has 0 fully saturated rings. The van der Waals surface area contributed by atoms with Crippen LogP contribution in [0.1, 0.15) is 133 Å². The van der Waals surface area contributed by atoms with Crippen LogP contribution in [-0.4, -0.2) is 144 Å². The summed E-state index contributed by atoms with van der Waals surface area (Å²) in [5.41, 5.74) is 4.34. The molecule has 1 aliphatic rings. The van der Waals surface area contributed by atoms with E-state index in [1.54, 1.807) is 119 Å². The summed E-state index contributed by atoms with van der Waals surface area (Å²) >= 11 is 0. The van der Waals surface area contributed by atoms with Crippen molar-refractivity contribution in [3.05, 3.63) is 53.6 Å². The van der Waals surface area contributed by atoms with Crippen molar-refractivity contribution in [1.82, 2.24) is 47.9 Å². The molecule has 0 aliphatic carbocycles. The molecule has 0 saturated heterocycles. The molecule has 1 heterocycles. The first-order chi connectivity index (χ1) is 37.1. The van der Waals surface area contributed by atoms with Gasteiger partial charge in [-0.3, -0.25) is 28.8 Å². The summed E-state index contributed by atoms with van der Waals surface area (Å²) in [6.07, 6.45) is -4.28. The van der Waals surface area contributed by atoms with Gasteiger partial charge in [-0.2, -0.15) is 0 Å². The molecule has 10 amide bonds. The lowest BCUT2D eigenvalue weighted by Crippen LogP contribution is -2.59. The molecule has 1 aliphatic heterocycles. The molecule has 12 N–H and O–H groups in total. The average molecular weight is 1130 g/mol. The molecule has 0 spiro atoms. The number of nitrogens with one attached hydrogen (secondary N) is 9. The highest BCUT2D eigenvalue weighted by atomic mass is 16.6. The maximum Gasteiger partial charge on any atom is 0.408 e. The molecule has 0 aromatic heterocycles. The highest BCUT2D eigenvalue weighted by Gasteiger charge is 2.34. The van der Waals surface area contributed by atoms with E-state index >= 15 is 0 Å². The van der Waals surface area contributed by atoms with Crippen LogP contribution in [0.4, 0.5) is 19.2 Å². The summed E-state index contributed by atoms with van der Waals surface area (Å²) in [5.74, 6) is -5.26. The maximum atomic E-state index is 14.8. The van der Waals surface area contributed by atoms with Crippen LogP contribution >= 0.6 is 0 Å². The molecule has 0 saturated carbocycles. The van der Waals surface area contributed by atoms with Crippen LogP contribution in [0, 0.1) is 0 Å². The number of nitrogens with two attached hydrogens (primary N) is 1. The van der Waals surface area contributed by atoms with Crippen molar-refractivity contribution in [2.24, 2.45) is 5.73 Å². The SMILES string of the molecule is CC(C)(C)OC(=O)NCCC[C@@H]1NC(=O)[C@@H](NC(=O)OC(C)(C)C)Cc2cc(ccc2O)-c2cccc(c2)C[C@@H](C(=O)N[C@H](CCCNC(=O)OC(C)(C)C)C(=O)N[C@@H](CCC(=O)NCCNC(=O)OC(C)(C)C)C(N)=O)NC1=O. The fraction of sp³-hybridized carbons (Fsp3) is 0.600. The van der Waals surface area contributed by atoms with E-state index in [-0.39, 0.29) is 88.9 Å². The Bertz CT molecular complexity index is 2510. The zero-order valence-electron chi connectivity index (χ0n) is 48.2. The van der Waals surface area contributed by atoms with Gasteiger partial charge in [-0.1, -0.05) is 30.3 Å². The molecule has 2 aromatic rings. The van der Waals surface area contributed by atoms with Crippen LogP contribution in [0.15, 0.2) is 42.5 Å². The van der Waals surface area contributed by atoms with Gasteiger partial charge in [0.2, 0.25) is 35.4 Å². The molecule has 4 bridgehead atoms. The predicted octanol–water partition coefficient (Wildman–Crippen LogP) is 3.51. The van der Waals surface area contributed by atoms with Crippen molar-refractivity contribution in [2.75, 3.05) is 26.2 Å². The standard InChI is InChI=1S/C55H84N10O15/c1-52(2,3)77-48(73)58-24-14-18-37(44(69)61-36(43(56)68)21-23-42(67)57-26-27-60-50(75)79-54(7,8)9)62-46(71)39-29-32-16-13-17-33(28-32)34-20-22-41(66)35(30-34)31-40(65-51(76)80-55(10,11)12)47(72)63-38(45(70)64-39)19-15-25-59-49(74)78-53(4,5)6/h13,16-17,20,22,28,30,36-40,66H,14-15,18-19,21,23-27,29,31H2,1-12H3,(H2,56,68)(H,57,67)(H,58,73)(H,59,74)(H,60,75)(H,61,69)(H,62,71)(H,63,72)(H,64,70)(H,65,76)/t36-,37+,38-,39-,40-/m0/s1. The monoisotopic (exact) mass is 1120 g/mol. The highest BCUT2D eigenvalue weighted by Crippen LogP contribution is 2.29. The van der Waals surface area contributed by atoms with Gasteiger partial charge in [0, 0.05) is 45.4 Å². The second-order valence-corrected chi connectivity index (χ2v) is 23.3. The lowest BCUT2D eigenvalue weighted by atomic mass is 9.95. The molecule has 0 radical (unpaired) electrons. The van der Waals surface area contributed by atoms with Crippen molar-refractivity contribution in [3.63, 3.8) is 0 Å². The van der Waals surface area contributed by atoms with Gasteiger partial charge < -0.3 is 77.6 Å². The lowest BCUT2D eigenvalue weighted by Gasteiger charge is -2.28. The number of ether oxygens (including phenoxy) is 4. The number of alkyl carbamates (subject to hydrolysis) is 4. The maximum absolute atomic E-state index is 14.8. The van der Waals surface area contributed by atoms with Crippen LogP contribution in [-0.2, 0) is 60.6 Å². The third-order valence-corrected chi connectivity index (χ3v) is 11.2. The van der Waals surface area contributed by atoms with Crippen molar-refractivity contribution in [2.45, 2.75) is 187 Å². The Morgan fingerprint density at radius 2 is 1.15 bits per heavy atom. The third kappa shape index (κ3) is 26.2. The first-order valence-corrected chi connectivity index (χ1v) is 26.6. The minimum absolute atomic E-state index is 0.0150. The molecule has 80 heavy (non-hydrogen) atoms. The summed E-state index contributed by atoms with van der Waals surface area (Å²) in [5, 5.41) is 34.6. The number of carbonyl (C=O) groups is 10. The number of aromatic hydroxyl groups is 1. The van der Waals surface area contributed by atoms with Crippen molar-refractivity contribution >= 4 is 59.8 Å². The van der Waals surface area contributed by atoms with Crippen molar-refractivity contribution < 1.29 is 72.0 Å². The number of amides is 10. The summed E-state index contributed by atoms with van der Waals surface area (Å²) < 4.78 is 21.3. The fourth-order valence-electron chi connectivity index (χ4n) is 7.71. The zero-order valence-corrected chi connectivity index (χ0v) is 48.2. The Kier molecular flexibility index (Phi) is 24.8. The molecular formula is C55H84N10O15. The second-order valence-electron chi connectivity index (χ2n) is 23.3. The number of rotatable bonds is 20. The third-order valence-electron chi connectivity index (χ3n) is 11.2. The Balaban J connectivity index is 2.04. The molecule has 25 heteroatoms. The molecular weight excluding hydrogens is 1040 g/mol. The van der Waals surface area contributed by atoms with Gasteiger partial charge in [0.15, 0.2) is 0 Å². The largest absolute Gasteiger partial charge is 0.508 e. The van der Waals surface area contributed by atoms with Gasteiger partial charge in [-0.25, -0.2) is 19.2 Å². The van der Waals surface area contributed by atoms with Gasteiger partial charge in [0.25, 0.3) is 0 Å². The minimum atomic E-state index is -1.48. The van der Waals surface area contributed by atoms with Crippen LogP contribution in [0.5, 0.6) is 5.75 Å². The van der Waals surface area contributed by atoms with Crippen LogP contribution in [0.2, 0.25) is 0 Å². The quantitative estimate of drug-likeness (QED) is 0.0668. The molecule has 2 aromatic carbocycles. The predicted molar refractivity (Wildman–Crippen MR) is 294 cm³/mol. The summed E-state index contributed by atoms with van der Waals surface area (Å²) in [4.78, 5) is 134. The smallest absolute Gasteiger partial charge is 0.408 e. The van der Waals surface area contributed by atoms with Crippen molar-refractivity contribution in [3.8, 4) is 16.9 Å². The van der Waals surface area contributed by atoms with Gasteiger partial charge in [0.05, 0.1) is 0 Å². The average Bonchev–Trinajstić information content (AvgIpc) is 3.31. The Morgan fingerprint density at radius 3 is 1.73 bits per heavy atom. The van der Waals surface area contributed by atoms with E-state index in [0.717, 1.165) is 0 Å². The lowest BCUT2D eigenvalue weighted by molar-refractivity contribution is -0.134.